The summed E-state index contributed by atoms with van der Waals surface area (Å²) < 4.78 is 73.3. The van der Waals surface area contributed by atoms with E-state index in [1.165, 1.54) is 69.6 Å². The van der Waals surface area contributed by atoms with E-state index in [4.69, 9.17) is 44.8 Å². The fraction of sp³-hybridized carbons (Fsp3) is 0.316. The van der Waals surface area contributed by atoms with Crippen LogP contribution in [0.25, 0.3) is 33.4 Å². The number of nitriles is 4. The number of nitrogens with one attached hydrogen (secondary N) is 4. The van der Waals surface area contributed by atoms with Crippen LogP contribution in [-0.2, 0) is 48.5 Å². The predicted molar refractivity (Wildman–Crippen MR) is 468 cm³/mol. The fourth-order valence-corrected chi connectivity index (χ4v) is 18.4. The standard InChI is InChI=1S/C34H28Cl2N4O2.C33H34F4N4O.C31H32ClFN4O/c35-30-17-31(36)19-32(18-30)39-33(41)23-42-34(12-14-40(15-13-34)22-25-6-4-24(20-37)5-7-25)29-10-8-27(9-11-29)28-3-1-2-26(16-28)21-38;1-40(22-31(42)39-27-13-14-30(34)29(20-27)33(35,36)37)32(15-17-41(18-16-32)28-7-2-3-8-28)26-11-9-24(10-12-26)25-6-4-5-23(19-25)21-38;32-28-19-26(12-13-29(28)33)36-30(38)21-35-31(14-16-37(17-15-31)27-6-1-2-7-27)25-10-8-23(9-11-25)24-5-3-4-22(18-24)20-34/h1-11,16-19H,12-15,22-23H2,(H,39,41);4-6,9-14,19-20,28H,2-3,7-8,15-18,22H2,1H3,(H,39,42);3-5,8-13,18-19,27,35H,1-2,6-7,14-17,21H2,(H,36,38). The molecule has 3 aliphatic heterocycles. The lowest BCUT2D eigenvalue weighted by molar-refractivity contribution is -0.140. The van der Waals surface area contributed by atoms with E-state index in [9.17, 15) is 52.1 Å². The van der Waals surface area contributed by atoms with Gasteiger partial charge in [-0.25, -0.2) is 8.78 Å². The minimum absolute atomic E-state index is 0.0214. The number of ether oxygens (including phenoxy) is 1. The Morgan fingerprint density at radius 2 is 0.918 bits per heavy atom. The van der Waals surface area contributed by atoms with E-state index < -0.39 is 40.4 Å². The summed E-state index contributed by atoms with van der Waals surface area (Å²) in [6.45, 7) is 6.01. The summed E-state index contributed by atoms with van der Waals surface area (Å²) in [4.78, 5) is 48.4. The number of anilines is 3. The van der Waals surface area contributed by atoms with Crippen molar-refractivity contribution in [2.24, 2.45) is 0 Å². The van der Waals surface area contributed by atoms with Crippen LogP contribution in [0.3, 0.4) is 0 Å². The van der Waals surface area contributed by atoms with Crippen LogP contribution in [-0.4, -0.2) is 115 Å². The summed E-state index contributed by atoms with van der Waals surface area (Å²) in [5.74, 6) is -2.86. The van der Waals surface area contributed by atoms with Crippen molar-refractivity contribution >= 4 is 69.6 Å². The minimum Gasteiger partial charge on any atom is -0.360 e. The number of amides is 3. The first-order valence-electron chi connectivity index (χ1n) is 41.2. The lowest BCUT2D eigenvalue weighted by Crippen LogP contribution is -2.54. The molecule has 122 heavy (non-hydrogen) atoms. The minimum atomic E-state index is -4.86. The number of hydrogen-bond donors (Lipinski definition) is 4. The molecule has 24 heteroatoms. The van der Waals surface area contributed by atoms with E-state index in [1.54, 1.807) is 36.4 Å². The van der Waals surface area contributed by atoms with Gasteiger partial charge in [0.1, 0.15) is 18.2 Å². The zero-order valence-corrected chi connectivity index (χ0v) is 70.0. The number of rotatable bonds is 22. The topological polar surface area (TPSA) is 217 Å². The van der Waals surface area contributed by atoms with E-state index in [-0.39, 0.29) is 47.8 Å². The number of likely N-dealkylation sites (tertiary alicyclic amines) is 3. The highest BCUT2D eigenvalue weighted by Gasteiger charge is 2.44. The molecule has 15 rings (SSSR count). The van der Waals surface area contributed by atoms with Gasteiger partial charge in [-0.05, 0) is 230 Å². The molecule has 4 N–H and O–H groups in total. The van der Waals surface area contributed by atoms with E-state index in [1.807, 2.05) is 115 Å². The molecule has 0 bridgehead atoms. The van der Waals surface area contributed by atoms with Crippen LogP contribution in [0.5, 0.6) is 0 Å². The smallest absolute Gasteiger partial charge is 0.360 e. The van der Waals surface area contributed by atoms with Gasteiger partial charge in [-0.3, -0.25) is 29.5 Å². The number of likely N-dealkylation sites (N-methyl/N-ethyl adjacent to an activating group) is 1. The summed E-state index contributed by atoms with van der Waals surface area (Å²) in [5.41, 5.74) is 10.8. The van der Waals surface area contributed by atoms with Crippen molar-refractivity contribution in [3.8, 4) is 57.7 Å². The van der Waals surface area contributed by atoms with E-state index in [0.29, 0.717) is 74.7 Å². The van der Waals surface area contributed by atoms with Gasteiger partial charge in [0.15, 0.2) is 0 Å². The number of nitrogens with zero attached hydrogens (tertiary/aromatic N) is 8. The van der Waals surface area contributed by atoms with Crippen LogP contribution >= 0.6 is 34.8 Å². The van der Waals surface area contributed by atoms with Crippen molar-refractivity contribution in [1.29, 1.82) is 21.0 Å². The first-order chi connectivity index (χ1) is 58.9. The summed E-state index contributed by atoms with van der Waals surface area (Å²) >= 11 is 18.1. The Hall–Kier alpha value is -11.2. The second-order valence-corrected chi connectivity index (χ2v) is 33.4. The van der Waals surface area contributed by atoms with Gasteiger partial charge in [-0.15, -0.1) is 0 Å². The number of benzene rings is 10. The third-order valence-corrected chi connectivity index (χ3v) is 25.2. The average molecular weight is 1710 g/mol. The normalized spacial score (nSPS) is 16.6. The molecule has 5 fully saturated rings. The summed E-state index contributed by atoms with van der Waals surface area (Å²) in [7, 11) is 1.88. The van der Waals surface area contributed by atoms with Gasteiger partial charge in [0, 0.05) is 96.1 Å². The number of hydrogen-bond acceptors (Lipinski definition) is 13. The maximum Gasteiger partial charge on any atom is 0.419 e. The summed E-state index contributed by atoms with van der Waals surface area (Å²) in [6.07, 6.45) is 10.0. The van der Waals surface area contributed by atoms with E-state index in [0.717, 1.165) is 139 Å². The van der Waals surface area contributed by atoms with Crippen LogP contribution in [0, 0.1) is 57.0 Å². The molecule has 16 nitrogen and oxygen atoms in total. The van der Waals surface area contributed by atoms with Crippen LogP contribution in [0.2, 0.25) is 15.1 Å². The Morgan fingerprint density at radius 1 is 0.467 bits per heavy atom. The second kappa shape index (κ2) is 40.7. The quantitative estimate of drug-likeness (QED) is 0.0465. The third-order valence-electron chi connectivity index (χ3n) is 24.4. The molecule has 0 atom stereocenters. The number of carbonyl (C=O) groups excluding carboxylic acids is 3. The van der Waals surface area contributed by atoms with Gasteiger partial charge in [0.25, 0.3) is 0 Å². The number of alkyl halides is 3. The van der Waals surface area contributed by atoms with Crippen molar-refractivity contribution in [2.45, 2.75) is 131 Å². The van der Waals surface area contributed by atoms with Gasteiger partial charge in [-0.2, -0.15) is 34.2 Å². The molecule has 10 aromatic carbocycles. The lowest BCUT2D eigenvalue weighted by atomic mass is 9.78. The number of carbonyl (C=O) groups is 3. The fourth-order valence-electron chi connectivity index (χ4n) is 17.7. The van der Waals surface area contributed by atoms with Crippen molar-refractivity contribution in [1.82, 2.24) is 24.9 Å². The molecule has 626 valence electrons. The van der Waals surface area contributed by atoms with Crippen molar-refractivity contribution in [3.05, 3.63) is 301 Å². The van der Waals surface area contributed by atoms with Gasteiger partial charge in [-0.1, -0.05) is 182 Å². The molecule has 3 heterocycles. The highest BCUT2D eigenvalue weighted by Crippen LogP contribution is 2.44. The number of piperidine rings is 3. The molecule has 10 aromatic rings. The van der Waals surface area contributed by atoms with Crippen LogP contribution in [0.15, 0.2) is 224 Å². The van der Waals surface area contributed by atoms with Crippen LogP contribution in [0.4, 0.5) is 39.0 Å². The summed E-state index contributed by atoms with van der Waals surface area (Å²) in [6, 6.07) is 76.6. The SMILES string of the molecule is CN(CC(=O)Nc1ccc(F)c(C(F)(F)F)c1)C1(c2ccc(-c3cccc(C#N)c3)cc2)CCN(C2CCCC2)CC1.N#Cc1ccc(CN2CCC(OCC(=O)Nc3cc(Cl)cc(Cl)c3)(c3ccc(-c4cccc(C#N)c4)cc3)CC2)cc1.N#Cc1cccc(-c2ccc(C3(NCC(=O)Nc4ccc(F)c(Cl)c4)CCN(C4CCCC4)CC3)cc2)c1. The van der Waals surface area contributed by atoms with Crippen molar-refractivity contribution in [3.63, 3.8) is 0 Å². The highest BCUT2D eigenvalue weighted by atomic mass is 35.5. The predicted octanol–water partition coefficient (Wildman–Crippen LogP) is 21.2. The van der Waals surface area contributed by atoms with Gasteiger partial charge >= 0.3 is 6.18 Å². The molecular formula is C98H94Cl3F5N12O4. The molecule has 2 aliphatic carbocycles. The van der Waals surface area contributed by atoms with Crippen molar-refractivity contribution < 1.29 is 41.1 Å². The maximum absolute atomic E-state index is 13.8. The molecule has 0 aromatic heterocycles. The molecule has 3 amide bonds. The molecule has 5 aliphatic rings. The summed E-state index contributed by atoms with van der Waals surface area (Å²) in [5, 5.41) is 49.6. The van der Waals surface area contributed by atoms with Crippen molar-refractivity contribution in [2.75, 3.05) is 82.0 Å². The largest absolute Gasteiger partial charge is 0.419 e. The highest BCUT2D eigenvalue weighted by molar-refractivity contribution is 6.35. The molecule has 0 spiro atoms. The zero-order valence-electron chi connectivity index (χ0n) is 67.7. The van der Waals surface area contributed by atoms with E-state index in [2.05, 4.69) is 109 Å². The zero-order chi connectivity index (χ0) is 86.0. The second-order valence-electron chi connectivity index (χ2n) is 32.1. The first-order valence-corrected chi connectivity index (χ1v) is 42.3. The lowest BCUT2D eigenvalue weighted by Gasteiger charge is -2.49. The van der Waals surface area contributed by atoms with Crippen LogP contribution < -0.4 is 21.3 Å². The molecule has 2 saturated carbocycles. The maximum atomic E-state index is 13.8. The molecule has 0 radical (unpaired) electrons. The first kappa shape index (κ1) is 88.6. The van der Waals surface area contributed by atoms with E-state index >= 15 is 0 Å². The molecule has 0 unspecified atom stereocenters. The van der Waals surface area contributed by atoms with Gasteiger partial charge in [0.2, 0.25) is 17.7 Å². The Balaban J connectivity index is 0.000000158. The van der Waals surface area contributed by atoms with Gasteiger partial charge < -0.3 is 30.5 Å². The third kappa shape index (κ3) is 22.6. The number of halogens is 8. The Kier molecular flexibility index (Phi) is 29.6. The Labute approximate surface area is 724 Å². The Morgan fingerprint density at radius 3 is 1.40 bits per heavy atom. The monoisotopic (exact) mass is 1700 g/mol. The molecule has 3 saturated heterocycles. The Bertz CT molecular complexity index is 5480. The average Bonchev–Trinajstić information content (AvgIpc) is 0.948. The molecular weight excluding hydrogens is 1610 g/mol. The van der Waals surface area contributed by atoms with Gasteiger partial charge in [0.05, 0.1) is 75.8 Å². The van der Waals surface area contributed by atoms with Crippen LogP contribution in [0.1, 0.15) is 140 Å².